The first kappa shape index (κ1) is 12.1. The van der Waals surface area contributed by atoms with E-state index in [4.69, 9.17) is 16.3 Å². The van der Waals surface area contributed by atoms with E-state index in [1.54, 1.807) is 19.5 Å². The summed E-state index contributed by atoms with van der Waals surface area (Å²) < 4.78 is 7.02. The first-order valence-corrected chi connectivity index (χ1v) is 6.22. The van der Waals surface area contributed by atoms with Gasteiger partial charge in [-0.25, -0.2) is 4.98 Å². The van der Waals surface area contributed by atoms with Gasteiger partial charge in [0.2, 0.25) is 0 Å². The predicted molar refractivity (Wildman–Crippen MR) is 74.1 cm³/mol. The molecule has 0 fully saturated rings. The van der Waals surface area contributed by atoms with Gasteiger partial charge >= 0.3 is 0 Å². The molecule has 96 valence electrons. The second-order valence-electron chi connectivity index (χ2n) is 4.23. The Hall–Kier alpha value is -1.91. The second-order valence-corrected chi connectivity index (χ2v) is 4.62. The molecule has 0 spiro atoms. The van der Waals surface area contributed by atoms with Crippen LogP contribution in [0, 0.1) is 0 Å². The van der Waals surface area contributed by atoms with Crippen molar-refractivity contribution in [3.05, 3.63) is 53.6 Å². The highest BCUT2D eigenvalue weighted by Crippen LogP contribution is 2.20. The number of imidazole rings is 1. The van der Waals surface area contributed by atoms with Gasteiger partial charge in [-0.3, -0.25) is 4.98 Å². The third kappa shape index (κ3) is 2.45. The minimum atomic E-state index is 0.484. The predicted octanol–water partition coefficient (Wildman–Crippen LogP) is 3.20. The van der Waals surface area contributed by atoms with Gasteiger partial charge in [0, 0.05) is 31.3 Å². The molecule has 0 N–H and O–H groups in total. The van der Waals surface area contributed by atoms with E-state index < -0.39 is 0 Å². The zero-order chi connectivity index (χ0) is 13.2. The molecule has 19 heavy (non-hydrogen) atoms. The zero-order valence-corrected chi connectivity index (χ0v) is 11.1. The maximum absolute atomic E-state index is 5.88. The SMILES string of the molecule is COCc1ccnc(-c2ccc3nc(Cl)cn3c2)c1. The van der Waals surface area contributed by atoms with Crippen LogP contribution in [0.25, 0.3) is 16.9 Å². The minimum Gasteiger partial charge on any atom is -0.380 e. The third-order valence-corrected chi connectivity index (χ3v) is 3.03. The summed E-state index contributed by atoms with van der Waals surface area (Å²) in [5, 5.41) is 0.484. The summed E-state index contributed by atoms with van der Waals surface area (Å²) >= 11 is 5.88. The van der Waals surface area contributed by atoms with E-state index in [1.807, 2.05) is 34.9 Å². The van der Waals surface area contributed by atoms with Crippen LogP contribution in [-0.4, -0.2) is 21.5 Å². The Kier molecular flexibility index (Phi) is 3.19. The zero-order valence-electron chi connectivity index (χ0n) is 10.4. The van der Waals surface area contributed by atoms with Gasteiger partial charge in [0.15, 0.2) is 0 Å². The Morgan fingerprint density at radius 1 is 1.26 bits per heavy atom. The summed E-state index contributed by atoms with van der Waals surface area (Å²) in [6.45, 7) is 0.578. The van der Waals surface area contributed by atoms with E-state index in [1.165, 1.54) is 0 Å². The molecule has 3 aromatic heterocycles. The molecular formula is C14H12ClN3O. The monoisotopic (exact) mass is 273 g/mol. The minimum absolute atomic E-state index is 0.484. The molecule has 4 nitrogen and oxygen atoms in total. The maximum atomic E-state index is 5.88. The Bertz CT molecular complexity index is 724. The lowest BCUT2D eigenvalue weighted by molar-refractivity contribution is 0.185. The lowest BCUT2D eigenvalue weighted by atomic mass is 10.1. The van der Waals surface area contributed by atoms with Crippen molar-refractivity contribution in [2.24, 2.45) is 0 Å². The number of rotatable bonds is 3. The third-order valence-electron chi connectivity index (χ3n) is 2.85. The van der Waals surface area contributed by atoms with Gasteiger partial charge < -0.3 is 9.14 Å². The fraction of sp³-hybridized carbons (Fsp3) is 0.143. The van der Waals surface area contributed by atoms with Crippen molar-refractivity contribution in [2.45, 2.75) is 6.61 Å². The number of pyridine rings is 2. The molecule has 0 atom stereocenters. The molecule has 0 saturated carbocycles. The standard InChI is InChI=1S/C14H12ClN3O/c1-19-9-10-4-5-16-12(6-10)11-2-3-14-17-13(15)8-18(14)7-11/h2-8H,9H2,1H3. The molecule has 0 aromatic carbocycles. The highest BCUT2D eigenvalue weighted by molar-refractivity contribution is 6.29. The average Bonchev–Trinajstić information content (AvgIpc) is 2.78. The quantitative estimate of drug-likeness (QED) is 0.736. The topological polar surface area (TPSA) is 39.4 Å². The van der Waals surface area contributed by atoms with E-state index in [2.05, 4.69) is 9.97 Å². The van der Waals surface area contributed by atoms with Gasteiger partial charge in [-0.2, -0.15) is 0 Å². The largest absolute Gasteiger partial charge is 0.380 e. The molecule has 0 aliphatic rings. The van der Waals surface area contributed by atoms with Crippen molar-refractivity contribution >= 4 is 17.2 Å². The van der Waals surface area contributed by atoms with Crippen LogP contribution in [0.1, 0.15) is 5.56 Å². The fourth-order valence-corrected chi connectivity index (χ4v) is 2.19. The van der Waals surface area contributed by atoms with Crippen LogP contribution in [-0.2, 0) is 11.3 Å². The molecule has 3 heterocycles. The lowest BCUT2D eigenvalue weighted by Crippen LogP contribution is -1.92. The first-order chi connectivity index (χ1) is 9.26. The Morgan fingerprint density at radius 2 is 2.16 bits per heavy atom. The second kappa shape index (κ2) is 4.99. The van der Waals surface area contributed by atoms with Crippen molar-refractivity contribution in [1.82, 2.24) is 14.4 Å². The number of halogens is 1. The summed E-state index contributed by atoms with van der Waals surface area (Å²) in [6, 6.07) is 7.87. The van der Waals surface area contributed by atoms with Gasteiger partial charge in [-0.1, -0.05) is 11.6 Å². The molecule has 0 aliphatic heterocycles. The number of ether oxygens (including phenoxy) is 1. The van der Waals surface area contributed by atoms with Crippen LogP contribution in [0.5, 0.6) is 0 Å². The lowest BCUT2D eigenvalue weighted by Gasteiger charge is -2.04. The molecule has 0 amide bonds. The van der Waals surface area contributed by atoms with Gasteiger partial charge in [0.25, 0.3) is 0 Å². The Morgan fingerprint density at radius 3 is 3.00 bits per heavy atom. The molecule has 3 rings (SSSR count). The first-order valence-electron chi connectivity index (χ1n) is 5.85. The van der Waals surface area contributed by atoms with Crippen molar-refractivity contribution < 1.29 is 4.74 Å². The summed E-state index contributed by atoms with van der Waals surface area (Å²) in [4.78, 5) is 8.57. The molecule has 5 heteroatoms. The van der Waals surface area contributed by atoms with E-state index in [0.717, 1.165) is 22.5 Å². The number of nitrogens with zero attached hydrogens (tertiary/aromatic N) is 3. The number of methoxy groups -OCH3 is 1. The van der Waals surface area contributed by atoms with Crippen molar-refractivity contribution in [1.29, 1.82) is 0 Å². The molecule has 0 unspecified atom stereocenters. The van der Waals surface area contributed by atoms with Crippen molar-refractivity contribution in [3.63, 3.8) is 0 Å². The van der Waals surface area contributed by atoms with Crippen LogP contribution >= 0.6 is 11.6 Å². The number of hydrogen-bond donors (Lipinski definition) is 0. The van der Waals surface area contributed by atoms with E-state index in [-0.39, 0.29) is 0 Å². The van der Waals surface area contributed by atoms with Crippen LogP contribution in [0.15, 0.2) is 42.9 Å². The van der Waals surface area contributed by atoms with E-state index >= 15 is 0 Å². The summed E-state index contributed by atoms with van der Waals surface area (Å²) in [5.74, 6) is 0. The Balaban J connectivity index is 2.05. The number of hydrogen-bond acceptors (Lipinski definition) is 3. The number of aromatic nitrogens is 3. The normalized spacial score (nSPS) is 11.1. The van der Waals surface area contributed by atoms with Crippen LogP contribution in [0.3, 0.4) is 0 Å². The summed E-state index contributed by atoms with van der Waals surface area (Å²) in [6.07, 6.45) is 5.53. The van der Waals surface area contributed by atoms with Crippen LogP contribution in [0.4, 0.5) is 0 Å². The van der Waals surface area contributed by atoms with Gasteiger partial charge in [0.05, 0.1) is 12.3 Å². The molecule has 0 aliphatic carbocycles. The van der Waals surface area contributed by atoms with E-state index in [0.29, 0.717) is 11.8 Å². The van der Waals surface area contributed by atoms with Gasteiger partial charge in [0.1, 0.15) is 10.8 Å². The van der Waals surface area contributed by atoms with Crippen molar-refractivity contribution in [2.75, 3.05) is 7.11 Å². The summed E-state index contributed by atoms with van der Waals surface area (Å²) in [7, 11) is 1.68. The molecule has 3 aromatic rings. The smallest absolute Gasteiger partial charge is 0.148 e. The molecule has 0 saturated heterocycles. The highest BCUT2D eigenvalue weighted by atomic mass is 35.5. The van der Waals surface area contributed by atoms with Crippen LogP contribution < -0.4 is 0 Å². The Labute approximate surface area is 115 Å². The summed E-state index contributed by atoms with van der Waals surface area (Å²) in [5.41, 5.74) is 3.83. The van der Waals surface area contributed by atoms with E-state index in [9.17, 15) is 0 Å². The van der Waals surface area contributed by atoms with Gasteiger partial charge in [-0.05, 0) is 29.8 Å². The molecule has 0 bridgehead atoms. The van der Waals surface area contributed by atoms with Gasteiger partial charge in [-0.15, -0.1) is 0 Å². The van der Waals surface area contributed by atoms with Crippen molar-refractivity contribution in [3.8, 4) is 11.3 Å². The molecule has 0 radical (unpaired) electrons. The highest BCUT2D eigenvalue weighted by Gasteiger charge is 2.04. The average molecular weight is 274 g/mol. The molecular weight excluding hydrogens is 262 g/mol. The number of fused-ring (bicyclic) bond motifs is 1. The van der Waals surface area contributed by atoms with Crippen LogP contribution in [0.2, 0.25) is 5.15 Å². The fourth-order valence-electron chi connectivity index (χ4n) is 2.00. The maximum Gasteiger partial charge on any atom is 0.148 e.